The van der Waals surface area contributed by atoms with Gasteiger partial charge in [-0.3, -0.25) is 4.79 Å². The molecule has 0 saturated carbocycles. The van der Waals surface area contributed by atoms with Crippen molar-refractivity contribution < 1.29 is 14.3 Å². The maximum atomic E-state index is 11.6. The average Bonchev–Trinajstić information content (AvgIpc) is 2.53. The summed E-state index contributed by atoms with van der Waals surface area (Å²) in [4.78, 5) is 11.6. The lowest BCUT2D eigenvalue weighted by atomic mass is 10.2. The SMILES string of the molecule is COc1ccc(/C=N\NC(=O)COc2cccc(Cl)c2)cc1Br. The van der Waals surface area contributed by atoms with Gasteiger partial charge in [0.15, 0.2) is 6.61 Å². The summed E-state index contributed by atoms with van der Waals surface area (Å²) >= 11 is 9.21. The summed E-state index contributed by atoms with van der Waals surface area (Å²) in [6.07, 6.45) is 1.53. The predicted octanol–water partition coefficient (Wildman–Crippen LogP) is 3.64. The third-order valence-corrected chi connectivity index (χ3v) is 3.60. The number of nitrogens with zero attached hydrogens (tertiary/aromatic N) is 1. The van der Waals surface area contributed by atoms with E-state index in [0.717, 1.165) is 15.8 Å². The van der Waals surface area contributed by atoms with Crippen LogP contribution in [-0.4, -0.2) is 25.8 Å². The molecule has 0 saturated heterocycles. The molecular formula is C16H14BrClN2O3. The Kier molecular flexibility index (Phi) is 6.43. The molecule has 2 rings (SSSR count). The van der Waals surface area contributed by atoms with Gasteiger partial charge in [-0.1, -0.05) is 17.7 Å². The molecule has 120 valence electrons. The van der Waals surface area contributed by atoms with Crippen LogP contribution in [0.25, 0.3) is 0 Å². The fourth-order valence-corrected chi connectivity index (χ4v) is 2.42. The Morgan fingerprint density at radius 3 is 2.87 bits per heavy atom. The van der Waals surface area contributed by atoms with Crippen molar-refractivity contribution in [1.82, 2.24) is 5.43 Å². The number of rotatable bonds is 6. The number of amides is 1. The molecule has 0 aliphatic rings. The lowest BCUT2D eigenvalue weighted by Crippen LogP contribution is -2.24. The van der Waals surface area contributed by atoms with Crippen LogP contribution in [-0.2, 0) is 4.79 Å². The van der Waals surface area contributed by atoms with Gasteiger partial charge < -0.3 is 9.47 Å². The molecule has 2 aromatic carbocycles. The van der Waals surface area contributed by atoms with Gasteiger partial charge in [-0.25, -0.2) is 5.43 Å². The smallest absolute Gasteiger partial charge is 0.277 e. The molecule has 0 atom stereocenters. The molecule has 0 aromatic heterocycles. The molecule has 5 nitrogen and oxygen atoms in total. The summed E-state index contributed by atoms with van der Waals surface area (Å²) < 4.78 is 11.2. The summed E-state index contributed by atoms with van der Waals surface area (Å²) in [6, 6.07) is 12.3. The average molecular weight is 398 g/mol. The second-order valence-electron chi connectivity index (χ2n) is 4.43. The number of nitrogens with one attached hydrogen (secondary N) is 1. The van der Waals surface area contributed by atoms with E-state index in [1.54, 1.807) is 37.4 Å². The third-order valence-electron chi connectivity index (χ3n) is 2.74. The minimum absolute atomic E-state index is 0.149. The van der Waals surface area contributed by atoms with Crippen molar-refractivity contribution in [2.24, 2.45) is 5.10 Å². The van der Waals surface area contributed by atoms with Crippen molar-refractivity contribution in [1.29, 1.82) is 0 Å². The van der Waals surface area contributed by atoms with Gasteiger partial charge in [0.2, 0.25) is 0 Å². The lowest BCUT2D eigenvalue weighted by molar-refractivity contribution is -0.123. The van der Waals surface area contributed by atoms with Crippen LogP contribution in [0.1, 0.15) is 5.56 Å². The van der Waals surface area contributed by atoms with E-state index < -0.39 is 0 Å². The summed E-state index contributed by atoms with van der Waals surface area (Å²) in [6.45, 7) is -0.149. The summed E-state index contributed by atoms with van der Waals surface area (Å²) in [7, 11) is 1.59. The highest BCUT2D eigenvalue weighted by molar-refractivity contribution is 9.10. The zero-order valence-electron chi connectivity index (χ0n) is 12.3. The Bertz CT molecular complexity index is 722. The number of carbonyl (C=O) groups is 1. The van der Waals surface area contributed by atoms with Crippen molar-refractivity contribution in [2.45, 2.75) is 0 Å². The van der Waals surface area contributed by atoms with Gasteiger partial charge in [0.25, 0.3) is 5.91 Å². The zero-order valence-corrected chi connectivity index (χ0v) is 14.6. The van der Waals surface area contributed by atoms with Gasteiger partial charge in [0, 0.05) is 5.02 Å². The number of benzene rings is 2. The molecule has 0 radical (unpaired) electrons. The largest absolute Gasteiger partial charge is 0.496 e. The topological polar surface area (TPSA) is 59.9 Å². The Balaban J connectivity index is 1.83. The minimum atomic E-state index is -0.367. The van der Waals surface area contributed by atoms with Gasteiger partial charge in [0.05, 0.1) is 17.8 Å². The van der Waals surface area contributed by atoms with Gasteiger partial charge in [-0.05, 0) is 57.9 Å². The summed E-state index contributed by atoms with van der Waals surface area (Å²) in [5.74, 6) is 0.880. The van der Waals surface area contributed by atoms with Gasteiger partial charge in [-0.2, -0.15) is 5.10 Å². The highest BCUT2D eigenvalue weighted by Crippen LogP contribution is 2.24. The second kappa shape index (κ2) is 8.55. The minimum Gasteiger partial charge on any atom is -0.496 e. The maximum absolute atomic E-state index is 11.6. The molecular weight excluding hydrogens is 384 g/mol. The second-order valence-corrected chi connectivity index (χ2v) is 5.72. The molecule has 0 unspecified atom stereocenters. The molecule has 0 aliphatic heterocycles. The third kappa shape index (κ3) is 5.58. The number of carbonyl (C=O) groups excluding carboxylic acids is 1. The number of hydrogen-bond donors (Lipinski definition) is 1. The Morgan fingerprint density at radius 2 is 2.17 bits per heavy atom. The van der Waals surface area contributed by atoms with Gasteiger partial charge in [-0.15, -0.1) is 0 Å². The Hall–Kier alpha value is -2.05. The van der Waals surface area contributed by atoms with Gasteiger partial charge in [0.1, 0.15) is 11.5 Å². The number of ether oxygens (including phenoxy) is 2. The standard InChI is InChI=1S/C16H14BrClN2O3/c1-22-15-6-5-11(7-14(15)17)9-19-20-16(21)10-23-13-4-2-3-12(18)8-13/h2-9H,10H2,1H3,(H,20,21)/b19-9-. The fourth-order valence-electron chi connectivity index (χ4n) is 1.68. The van der Waals surface area contributed by atoms with Crippen LogP contribution in [0.2, 0.25) is 5.02 Å². The van der Waals surface area contributed by atoms with E-state index in [4.69, 9.17) is 21.1 Å². The van der Waals surface area contributed by atoms with Crippen molar-refractivity contribution >= 4 is 39.7 Å². The monoisotopic (exact) mass is 396 g/mol. The van der Waals surface area contributed by atoms with E-state index >= 15 is 0 Å². The zero-order chi connectivity index (χ0) is 16.7. The first-order valence-corrected chi connectivity index (χ1v) is 7.79. The van der Waals surface area contributed by atoms with Crippen LogP contribution < -0.4 is 14.9 Å². The molecule has 23 heavy (non-hydrogen) atoms. The Morgan fingerprint density at radius 1 is 1.35 bits per heavy atom. The highest BCUT2D eigenvalue weighted by Gasteiger charge is 2.02. The molecule has 0 spiro atoms. The van der Waals surface area contributed by atoms with E-state index in [2.05, 4.69) is 26.5 Å². The first-order valence-electron chi connectivity index (χ1n) is 6.62. The first-order chi connectivity index (χ1) is 11.1. The predicted molar refractivity (Wildman–Crippen MR) is 93.4 cm³/mol. The lowest BCUT2D eigenvalue weighted by Gasteiger charge is -2.05. The van der Waals surface area contributed by atoms with Crippen LogP contribution in [0.5, 0.6) is 11.5 Å². The number of hydrazone groups is 1. The molecule has 0 fully saturated rings. The van der Waals surface area contributed by atoms with Crippen LogP contribution in [0.15, 0.2) is 52.0 Å². The van der Waals surface area contributed by atoms with Crippen LogP contribution in [0, 0.1) is 0 Å². The van der Waals surface area contributed by atoms with Gasteiger partial charge >= 0.3 is 0 Å². The van der Waals surface area contributed by atoms with Crippen LogP contribution in [0.4, 0.5) is 0 Å². The summed E-state index contributed by atoms with van der Waals surface area (Å²) in [5.41, 5.74) is 3.20. The maximum Gasteiger partial charge on any atom is 0.277 e. The molecule has 1 amide bonds. The van der Waals surface area contributed by atoms with Crippen molar-refractivity contribution in [3.8, 4) is 11.5 Å². The Labute approximate surface area is 147 Å². The molecule has 1 N–H and O–H groups in total. The number of hydrogen-bond acceptors (Lipinski definition) is 4. The molecule has 0 heterocycles. The first kappa shape index (κ1) is 17.3. The molecule has 0 aliphatic carbocycles. The summed E-state index contributed by atoms with van der Waals surface area (Å²) in [5, 5.41) is 4.42. The van der Waals surface area contributed by atoms with E-state index in [1.807, 2.05) is 12.1 Å². The quantitative estimate of drug-likeness (QED) is 0.598. The van der Waals surface area contributed by atoms with E-state index in [0.29, 0.717) is 10.8 Å². The highest BCUT2D eigenvalue weighted by atomic mass is 79.9. The molecule has 0 bridgehead atoms. The fraction of sp³-hybridized carbons (Fsp3) is 0.125. The molecule has 7 heteroatoms. The van der Waals surface area contributed by atoms with E-state index in [1.165, 1.54) is 6.21 Å². The van der Waals surface area contributed by atoms with Crippen LogP contribution in [0.3, 0.4) is 0 Å². The molecule has 2 aromatic rings. The van der Waals surface area contributed by atoms with E-state index in [-0.39, 0.29) is 12.5 Å². The van der Waals surface area contributed by atoms with Crippen LogP contribution >= 0.6 is 27.5 Å². The van der Waals surface area contributed by atoms with Crippen molar-refractivity contribution in [3.63, 3.8) is 0 Å². The number of halogens is 2. The normalized spacial score (nSPS) is 10.6. The number of methoxy groups -OCH3 is 1. The van der Waals surface area contributed by atoms with E-state index in [9.17, 15) is 4.79 Å². The van der Waals surface area contributed by atoms with Crippen molar-refractivity contribution in [2.75, 3.05) is 13.7 Å². The van der Waals surface area contributed by atoms with Crippen molar-refractivity contribution in [3.05, 3.63) is 57.5 Å².